The lowest BCUT2D eigenvalue weighted by molar-refractivity contribution is -0.136. The highest BCUT2D eigenvalue weighted by Gasteiger charge is 2.40. The molecule has 9 rings (SSSR count). The van der Waals surface area contributed by atoms with Gasteiger partial charge in [-0.2, -0.15) is 0 Å². The molecule has 7 heterocycles. The number of hydrogen-bond donors (Lipinski definition) is 1. The summed E-state index contributed by atoms with van der Waals surface area (Å²) in [5.74, 6) is 8.22. The van der Waals surface area contributed by atoms with Crippen molar-refractivity contribution in [1.29, 1.82) is 0 Å². The Morgan fingerprint density at radius 1 is 0.966 bits per heavy atom. The normalized spacial score (nSPS) is 19.5. The fraction of sp³-hybridized carbons (Fsp3) is 0.356. The van der Waals surface area contributed by atoms with Gasteiger partial charge in [0, 0.05) is 47.4 Å². The van der Waals surface area contributed by atoms with E-state index in [9.17, 15) is 14.4 Å². The molecular formula is C45H43ClN8O3S. The molecule has 2 saturated heterocycles. The van der Waals surface area contributed by atoms with Crippen molar-refractivity contribution in [1.82, 2.24) is 34.9 Å². The molecule has 11 nitrogen and oxygen atoms in total. The fourth-order valence-electron chi connectivity index (χ4n) is 8.74. The minimum absolute atomic E-state index is 0.114. The molecule has 5 aromatic rings. The molecule has 294 valence electrons. The van der Waals surface area contributed by atoms with Crippen LogP contribution in [0.5, 0.6) is 0 Å². The molecule has 1 N–H and O–H groups in total. The van der Waals surface area contributed by atoms with Gasteiger partial charge in [-0.1, -0.05) is 41.9 Å². The summed E-state index contributed by atoms with van der Waals surface area (Å²) in [5.41, 5.74) is 8.79. The van der Waals surface area contributed by atoms with Crippen LogP contribution in [0.25, 0.3) is 5.00 Å². The average molecular weight is 811 g/mol. The van der Waals surface area contributed by atoms with Gasteiger partial charge in [0.2, 0.25) is 11.8 Å². The number of aryl methyl sites for hydroxylation is 2. The highest BCUT2D eigenvalue weighted by molar-refractivity contribution is 7.15. The second-order valence-corrected chi connectivity index (χ2v) is 17.2. The first-order chi connectivity index (χ1) is 28.1. The number of nitrogens with one attached hydrogen (secondary N) is 1. The molecule has 0 radical (unpaired) electrons. The highest BCUT2D eigenvalue weighted by Crippen LogP contribution is 2.39. The van der Waals surface area contributed by atoms with E-state index in [2.05, 4.69) is 55.9 Å². The van der Waals surface area contributed by atoms with Crippen LogP contribution in [-0.4, -0.2) is 72.1 Å². The van der Waals surface area contributed by atoms with Gasteiger partial charge in [0.25, 0.3) is 5.91 Å². The number of benzene rings is 2. The van der Waals surface area contributed by atoms with Crippen molar-refractivity contribution >= 4 is 46.4 Å². The van der Waals surface area contributed by atoms with Crippen LogP contribution in [0.2, 0.25) is 5.02 Å². The van der Waals surface area contributed by atoms with E-state index in [4.69, 9.17) is 21.6 Å². The number of carbonyl (C=O) groups excluding carboxylic acids is 3. The molecule has 4 aliphatic rings. The summed E-state index contributed by atoms with van der Waals surface area (Å²) in [7, 11) is 0. The van der Waals surface area contributed by atoms with Crippen molar-refractivity contribution in [2.75, 3.05) is 13.1 Å². The second kappa shape index (κ2) is 15.7. The summed E-state index contributed by atoms with van der Waals surface area (Å²) >= 11 is 7.88. The molecule has 1 unspecified atom stereocenters. The summed E-state index contributed by atoms with van der Waals surface area (Å²) in [6.07, 6.45) is 6.79. The van der Waals surface area contributed by atoms with E-state index < -0.39 is 6.04 Å². The maximum absolute atomic E-state index is 13.3. The predicted octanol–water partition coefficient (Wildman–Crippen LogP) is 6.91. The van der Waals surface area contributed by atoms with Crippen LogP contribution in [0.15, 0.2) is 65.8 Å². The molecule has 2 fully saturated rings. The van der Waals surface area contributed by atoms with Gasteiger partial charge >= 0.3 is 0 Å². The van der Waals surface area contributed by atoms with Crippen LogP contribution < -0.4 is 5.32 Å². The highest BCUT2D eigenvalue weighted by atomic mass is 35.5. The van der Waals surface area contributed by atoms with Crippen LogP contribution in [0.3, 0.4) is 0 Å². The Morgan fingerprint density at radius 2 is 1.78 bits per heavy atom. The number of pyridine rings is 1. The molecule has 0 spiro atoms. The van der Waals surface area contributed by atoms with Crippen molar-refractivity contribution in [3.05, 3.63) is 127 Å². The number of hydrogen-bond acceptors (Lipinski definition) is 9. The number of halogens is 1. The van der Waals surface area contributed by atoms with E-state index in [-0.39, 0.29) is 30.2 Å². The molecule has 2 aromatic carbocycles. The third kappa shape index (κ3) is 7.27. The van der Waals surface area contributed by atoms with Gasteiger partial charge < -0.3 is 4.90 Å². The molecule has 13 heteroatoms. The van der Waals surface area contributed by atoms with Gasteiger partial charge in [-0.15, -0.1) is 21.5 Å². The number of aromatic nitrogens is 4. The van der Waals surface area contributed by atoms with E-state index in [1.54, 1.807) is 16.2 Å². The number of fused-ring (bicyclic) bond motifs is 4. The first-order valence-electron chi connectivity index (χ1n) is 20.0. The molecule has 2 atom stereocenters. The van der Waals surface area contributed by atoms with E-state index >= 15 is 0 Å². The summed E-state index contributed by atoms with van der Waals surface area (Å²) in [4.78, 5) is 52.4. The van der Waals surface area contributed by atoms with Crippen molar-refractivity contribution in [2.45, 2.75) is 84.5 Å². The van der Waals surface area contributed by atoms with Crippen LogP contribution in [0.4, 0.5) is 0 Å². The number of thiophene rings is 1. The Labute approximate surface area is 346 Å². The van der Waals surface area contributed by atoms with Crippen LogP contribution in [0, 0.1) is 31.6 Å². The van der Waals surface area contributed by atoms with Gasteiger partial charge in [0.1, 0.15) is 28.6 Å². The zero-order chi connectivity index (χ0) is 40.1. The minimum atomic E-state index is -0.592. The van der Waals surface area contributed by atoms with E-state index in [0.29, 0.717) is 29.5 Å². The largest absolute Gasteiger partial charge is 0.322 e. The maximum Gasteiger partial charge on any atom is 0.255 e. The number of likely N-dealkylation sites (tertiary alicyclic amines) is 1. The van der Waals surface area contributed by atoms with Gasteiger partial charge in [-0.3, -0.25) is 34.2 Å². The van der Waals surface area contributed by atoms with Crippen molar-refractivity contribution in [3.8, 4) is 16.8 Å². The number of rotatable bonds is 7. The standard InChI is InChI=1S/C45H43ClN8O3S/c1-26-38(58-45-40(26)41(32-10-12-33(46)13-11-32)48-27(2)42-51-50-28(3)54(42)45)17-15-34-14-8-30(23-47-34)24-52-21-19-29(20-22-52)7-9-31-5-4-6-35-36(31)25-53(44(35)57)37-16-18-39(55)49-43(37)56/h4-6,8,10-14,23,27,29,37H,7,9,16,18-22,24-25H2,1-3H3,(H,49,55,56)/t27-,37?/m0/s1. The molecule has 58 heavy (non-hydrogen) atoms. The predicted molar refractivity (Wildman–Crippen MR) is 223 cm³/mol. The SMILES string of the molecule is Cc1c(C#Cc2ccc(CN3CCC(CCc4cccc5c4CN(C4CCC(=O)NC4=O)C5=O)CC3)cn2)sc2c1C(c1ccc(Cl)cc1)=N[C@@H](C)c1nnc(C)n1-2. The van der Waals surface area contributed by atoms with Crippen LogP contribution in [0.1, 0.15) is 111 Å². The quantitative estimate of drug-likeness (QED) is 0.140. The molecule has 0 aliphatic carbocycles. The van der Waals surface area contributed by atoms with Gasteiger partial charge in [-0.25, -0.2) is 4.98 Å². The lowest BCUT2D eigenvalue weighted by Gasteiger charge is -2.32. The number of carbonyl (C=O) groups is 3. The van der Waals surface area contributed by atoms with Crippen molar-refractivity contribution in [3.63, 3.8) is 0 Å². The van der Waals surface area contributed by atoms with Crippen LogP contribution in [-0.2, 0) is 29.1 Å². The first kappa shape index (κ1) is 38.1. The number of nitrogens with zero attached hydrogens (tertiary/aromatic N) is 7. The average Bonchev–Trinajstić information content (AvgIpc) is 3.85. The van der Waals surface area contributed by atoms with Gasteiger partial charge in [0.05, 0.1) is 10.6 Å². The molecule has 0 saturated carbocycles. The number of aliphatic imine (C=N–C) groups is 1. The third-order valence-corrected chi connectivity index (χ3v) is 13.4. The van der Waals surface area contributed by atoms with Crippen molar-refractivity contribution in [2.24, 2.45) is 10.9 Å². The van der Waals surface area contributed by atoms with E-state index in [1.807, 2.05) is 62.5 Å². The fourth-order valence-corrected chi connectivity index (χ4v) is 10.1. The summed E-state index contributed by atoms with van der Waals surface area (Å²) < 4.78 is 2.11. The summed E-state index contributed by atoms with van der Waals surface area (Å²) in [6.45, 7) is 9.45. The first-order valence-corrected chi connectivity index (χ1v) is 21.1. The minimum Gasteiger partial charge on any atom is -0.322 e. The summed E-state index contributed by atoms with van der Waals surface area (Å²) in [6, 6.07) is 17.1. The molecule has 0 bridgehead atoms. The monoisotopic (exact) mass is 810 g/mol. The second-order valence-electron chi connectivity index (χ2n) is 15.7. The number of amides is 3. The van der Waals surface area contributed by atoms with Gasteiger partial charge in [-0.05, 0) is 130 Å². The number of piperidine rings is 2. The lowest BCUT2D eigenvalue weighted by Crippen LogP contribution is -2.52. The smallest absolute Gasteiger partial charge is 0.255 e. The Hall–Kier alpha value is -5.48. The Kier molecular flexibility index (Phi) is 10.3. The summed E-state index contributed by atoms with van der Waals surface area (Å²) in [5, 5.41) is 13.0. The lowest BCUT2D eigenvalue weighted by atomic mass is 9.89. The topological polar surface area (TPSA) is 126 Å². The van der Waals surface area contributed by atoms with E-state index in [1.165, 1.54) is 11.1 Å². The Bertz CT molecular complexity index is 2540. The van der Waals surface area contributed by atoms with Crippen LogP contribution >= 0.6 is 22.9 Å². The Morgan fingerprint density at radius 3 is 2.53 bits per heavy atom. The molecule has 3 aromatic heterocycles. The Balaban J connectivity index is 0.822. The molecule has 4 aliphatic heterocycles. The molecular weight excluding hydrogens is 768 g/mol. The zero-order valence-electron chi connectivity index (χ0n) is 32.7. The third-order valence-electron chi connectivity index (χ3n) is 12.0. The van der Waals surface area contributed by atoms with E-state index in [0.717, 1.165) is 101 Å². The zero-order valence-corrected chi connectivity index (χ0v) is 34.3. The number of imide groups is 1. The van der Waals surface area contributed by atoms with Gasteiger partial charge in [0.15, 0.2) is 5.82 Å². The molecule has 3 amide bonds. The van der Waals surface area contributed by atoms with Crippen molar-refractivity contribution < 1.29 is 14.4 Å². The maximum atomic E-state index is 13.3.